The number of nitrogens with one attached hydrogen (secondary N) is 2. The van der Waals surface area contributed by atoms with Gasteiger partial charge in [-0.1, -0.05) is 12.1 Å². The highest BCUT2D eigenvalue weighted by atomic mass is 32.1. The van der Waals surface area contributed by atoms with E-state index in [9.17, 15) is 4.79 Å². The van der Waals surface area contributed by atoms with Crippen LogP contribution in [-0.4, -0.2) is 34.0 Å². The molecule has 1 saturated heterocycles. The lowest BCUT2D eigenvalue weighted by atomic mass is 9.93. The molecule has 2 rings (SSSR count). The summed E-state index contributed by atoms with van der Waals surface area (Å²) >= 11 is 5.46. The van der Waals surface area contributed by atoms with E-state index in [-0.39, 0.29) is 11.4 Å². The van der Waals surface area contributed by atoms with Crippen LogP contribution < -0.4 is 10.6 Å². The minimum Gasteiger partial charge on any atom is -0.358 e. The van der Waals surface area contributed by atoms with Crippen molar-refractivity contribution in [3.63, 3.8) is 0 Å². The normalized spacial score (nSPS) is 20.1. The SMILES string of the molecule is Cc1cccc(NC(=O)CCN2C(=S)NC(C)(C)C[C@H]2C)c1C. The van der Waals surface area contributed by atoms with Gasteiger partial charge in [0.1, 0.15) is 0 Å². The van der Waals surface area contributed by atoms with Crippen molar-refractivity contribution in [2.45, 2.75) is 59.0 Å². The minimum absolute atomic E-state index is 0.0218. The zero-order valence-corrected chi connectivity index (χ0v) is 15.5. The number of hydrogen-bond acceptors (Lipinski definition) is 2. The van der Waals surface area contributed by atoms with Crippen molar-refractivity contribution in [2.24, 2.45) is 0 Å². The second kappa shape index (κ2) is 6.87. The van der Waals surface area contributed by atoms with Gasteiger partial charge in [0.15, 0.2) is 5.11 Å². The second-order valence-corrected chi connectivity index (χ2v) is 7.49. The number of carbonyl (C=O) groups excluding carboxylic acids is 1. The van der Waals surface area contributed by atoms with Crippen molar-refractivity contribution in [1.82, 2.24) is 10.2 Å². The largest absolute Gasteiger partial charge is 0.358 e. The van der Waals surface area contributed by atoms with Gasteiger partial charge in [-0.15, -0.1) is 0 Å². The summed E-state index contributed by atoms with van der Waals surface area (Å²) in [6.45, 7) is 11.2. The number of carbonyl (C=O) groups is 1. The Morgan fingerprint density at radius 1 is 1.43 bits per heavy atom. The second-order valence-electron chi connectivity index (χ2n) is 7.11. The first-order chi connectivity index (χ1) is 10.7. The van der Waals surface area contributed by atoms with E-state index in [2.05, 4.69) is 36.3 Å². The molecule has 1 fully saturated rings. The predicted octanol–water partition coefficient (Wildman–Crippen LogP) is 3.38. The summed E-state index contributed by atoms with van der Waals surface area (Å²) < 4.78 is 0. The molecule has 1 aliphatic rings. The lowest BCUT2D eigenvalue weighted by Crippen LogP contribution is -2.60. The van der Waals surface area contributed by atoms with Crippen LogP contribution in [0.15, 0.2) is 18.2 Å². The van der Waals surface area contributed by atoms with Crippen LogP contribution in [0.1, 0.15) is 44.7 Å². The van der Waals surface area contributed by atoms with Crippen molar-refractivity contribution in [1.29, 1.82) is 0 Å². The average Bonchev–Trinajstić information content (AvgIpc) is 2.41. The van der Waals surface area contributed by atoms with Crippen molar-refractivity contribution in [3.8, 4) is 0 Å². The number of benzene rings is 1. The van der Waals surface area contributed by atoms with Gasteiger partial charge in [-0.25, -0.2) is 0 Å². The van der Waals surface area contributed by atoms with E-state index >= 15 is 0 Å². The zero-order chi connectivity index (χ0) is 17.2. The van der Waals surface area contributed by atoms with Crippen molar-refractivity contribution >= 4 is 28.9 Å². The molecule has 1 aliphatic heterocycles. The van der Waals surface area contributed by atoms with Gasteiger partial charge in [0.2, 0.25) is 5.91 Å². The Hall–Kier alpha value is -1.62. The van der Waals surface area contributed by atoms with E-state index in [1.807, 2.05) is 32.0 Å². The molecule has 1 amide bonds. The molecule has 0 radical (unpaired) electrons. The molecule has 0 aliphatic carbocycles. The van der Waals surface area contributed by atoms with E-state index in [0.717, 1.165) is 22.8 Å². The van der Waals surface area contributed by atoms with E-state index in [1.165, 1.54) is 5.56 Å². The molecule has 0 saturated carbocycles. The third kappa shape index (κ3) is 4.44. The molecule has 1 heterocycles. The lowest BCUT2D eigenvalue weighted by molar-refractivity contribution is -0.116. The standard InChI is InChI=1S/C18H27N3OS/c1-12-7-6-8-15(14(12)3)19-16(22)9-10-21-13(2)11-18(4,5)20-17(21)23/h6-8,13H,9-11H2,1-5H3,(H,19,22)(H,20,23)/t13-/m1/s1. The topological polar surface area (TPSA) is 44.4 Å². The van der Waals surface area contributed by atoms with Crippen molar-refractivity contribution < 1.29 is 4.79 Å². The highest BCUT2D eigenvalue weighted by Crippen LogP contribution is 2.22. The summed E-state index contributed by atoms with van der Waals surface area (Å²) in [7, 11) is 0. The fourth-order valence-corrected chi connectivity index (χ4v) is 3.65. The predicted molar refractivity (Wildman–Crippen MR) is 99.8 cm³/mol. The minimum atomic E-state index is 0.0218. The number of amides is 1. The van der Waals surface area contributed by atoms with Crippen LogP contribution in [0.25, 0.3) is 0 Å². The fraction of sp³-hybridized carbons (Fsp3) is 0.556. The zero-order valence-electron chi connectivity index (χ0n) is 14.7. The summed E-state index contributed by atoms with van der Waals surface area (Å²) in [5, 5.41) is 7.10. The number of hydrogen-bond donors (Lipinski definition) is 2. The Balaban J connectivity index is 1.92. The highest BCUT2D eigenvalue weighted by Gasteiger charge is 2.32. The number of aryl methyl sites for hydroxylation is 1. The summed E-state index contributed by atoms with van der Waals surface area (Å²) in [5.41, 5.74) is 3.21. The van der Waals surface area contributed by atoms with Crippen molar-refractivity contribution in [2.75, 3.05) is 11.9 Å². The quantitative estimate of drug-likeness (QED) is 0.829. The van der Waals surface area contributed by atoms with Gasteiger partial charge in [-0.3, -0.25) is 4.79 Å². The Kier molecular flexibility index (Phi) is 5.30. The van der Waals surface area contributed by atoms with Gasteiger partial charge < -0.3 is 15.5 Å². The number of nitrogens with zero attached hydrogens (tertiary/aromatic N) is 1. The summed E-state index contributed by atoms with van der Waals surface area (Å²) in [6, 6.07) is 6.29. The maximum Gasteiger partial charge on any atom is 0.226 e. The van der Waals surface area contributed by atoms with Crippen molar-refractivity contribution in [3.05, 3.63) is 29.3 Å². The Morgan fingerprint density at radius 2 is 2.13 bits per heavy atom. The van der Waals surface area contributed by atoms with Crippen LogP contribution >= 0.6 is 12.2 Å². The molecule has 0 aromatic heterocycles. The van der Waals surface area contributed by atoms with Gasteiger partial charge in [0.05, 0.1) is 0 Å². The van der Waals surface area contributed by atoms with E-state index in [1.54, 1.807) is 0 Å². The Morgan fingerprint density at radius 3 is 2.78 bits per heavy atom. The third-order valence-electron chi connectivity index (χ3n) is 4.50. The van der Waals surface area contributed by atoms with E-state index in [4.69, 9.17) is 12.2 Å². The molecular formula is C18H27N3OS. The third-order valence-corrected chi connectivity index (χ3v) is 4.84. The van der Waals surface area contributed by atoms with Gasteiger partial charge in [0, 0.05) is 30.2 Å². The van der Waals surface area contributed by atoms with Gasteiger partial charge in [0.25, 0.3) is 0 Å². The first-order valence-corrected chi connectivity index (χ1v) is 8.55. The molecule has 1 atom stereocenters. The molecule has 1 aromatic carbocycles. The van der Waals surface area contributed by atoms with Crippen LogP contribution in [0, 0.1) is 13.8 Å². The molecule has 0 unspecified atom stereocenters. The van der Waals surface area contributed by atoms with Crippen LogP contribution in [0.3, 0.4) is 0 Å². The molecule has 2 N–H and O–H groups in total. The fourth-order valence-electron chi connectivity index (χ4n) is 3.10. The van der Waals surface area contributed by atoms with E-state index < -0.39 is 0 Å². The van der Waals surface area contributed by atoms with Gasteiger partial charge in [-0.05, 0) is 70.5 Å². The highest BCUT2D eigenvalue weighted by molar-refractivity contribution is 7.80. The Labute approximate surface area is 144 Å². The average molecular weight is 334 g/mol. The maximum atomic E-state index is 12.3. The van der Waals surface area contributed by atoms with Gasteiger partial charge in [-0.2, -0.15) is 0 Å². The Bertz CT molecular complexity index is 612. The molecule has 0 bridgehead atoms. The first-order valence-electron chi connectivity index (χ1n) is 8.14. The molecular weight excluding hydrogens is 306 g/mol. The monoisotopic (exact) mass is 333 g/mol. The van der Waals surface area contributed by atoms with Gasteiger partial charge >= 0.3 is 0 Å². The van der Waals surface area contributed by atoms with Crippen LogP contribution in [0.5, 0.6) is 0 Å². The van der Waals surface area contributed by atoms with Crippen LogP contribution in [0.4, 0.5) is 5.69 Å². The summed E-state index contributed by atoms with van der Waals surface area (Å²) in [5.74, 6) is 0.0264. The van der Waals surface area contributed by atoms with Crippen LogP contribution in [-0.2, 0) is 4.79 Å². The number of rotatable bonds is 4. The number of anilines is 1. The maximum absolute atomic E-state index is 12.3. The molecule has 0 spiro atoms. The molecule has 1 aromatic rings. The van der Waals surface area contributed by atoms with Crippen LogP contribution in [0.2, 0.25) is 0 Å². The lowest BCUT2D eigenvalue weighted by Gasteiger charge is -2.44. The number of thiocarbonyl (C=S) groups is 1. The van der Waals surface area contributed by atoms with E-state index in [0.29, 0.717) is 19.0 Å². The smallest absolute Gasteiger partial charge is 0.226 e. The molecule has 126 valence electrons. The molecule has 23 heavy (non-hydrogen) atoms. The molecule has 5 heteroatoms. The first kappa shape index (κ1) is 17.7. The molecule has 4 nitrogen and oxygen atoms in total. The summed E-state index contributed by atoms with van der Waals surface area (Å²) in [4.78, 5) is 14.4. The summed E-state index contributed by atoms with van der Waals surface area (Å²) in [6.07, 6.45) is 1.44.